The molecule has 6 nitrogen and oxygen atoms in total. The van der Waals surface area contributed by atoms with E-state index in [4.69, 9.17) is 4.74 Å². The van der Waals surface area contributed by atoms with Gasteiger partial charge in [0.2, 0.25) is 0 Å². The molecule has 0 aromatic carbocycles. The molecule has 0 aliphatic carbocycles. The lowest BCUT2D eigenvalue weighted by Gasteiger charge is -2.21. The molecule has 0 N–H and O–H groups in total. The maximum absolute atomic E-state index is 5.90. The zero-order valence-corrected chi connectivity index (χ0v) is 13.0. The molecule has 0 radical (unpaired) electrons. The van der Waals surface area contributed by atoms with Crippen molar-refractivity contribution in [1.29, 1.82) is 0 Å². The second-order valence-corrected chi connectivity index (χ2v) is 6.01. The van der Waals surface area contributed by atoms with Gasteiger partial charge in [0.15, 0.2) is 11.2 Å². The minimum atomic E-state index is 0. The van der Waals surface area contributed by atoms with Crippen molar-refractivity contribution in [3.05, 3.63) is 12.7 Å². The number of quaternary nitrogens is 1. The number of imidazole rings is 1. The normalized spacial score (nSPS) is 23.0. The summed E-state index contributed by atoms with van der Waals surface area (Å²) < 4.78 is 8.55. The van der Waals surface area contributed by atoms with E-state index in [1.165, 1.54) is 0 Å². The predicted octanol–water partition coefficient (Wildman–Crippen LogP) is -1.28. The molecule has 1 saturated heterocycles. The van der Waals surface area contributed by atoms with E-state index in [0.29, 0.717) is 10.6 Å². The van der Waals surface area contributed by atoms with Crippen LogP contribution in [-0.4, -0.2) is 46.8 Å². The van der Waals surface area contributed by atoms with Crippen molar-refractivity contribution in [2.75, 3.05) is 21.1 Å². The molecule has 0 spiro atoms. The number of ether oxygens (including phenoxy) is 1. The molecule has 1 aliphatic heterocycles. The van der Waals surface area contributed by atoms with E-state index in [9.17, 15) is 0 Å². The maximum Gasteiger partial charge on any atom is 0.258 e. The smallest absolute Gasteiger partial charge is 0.258 e. The minimum absolute atomic E-state index is 0. The topological polar surface area (TPSA) is 52.8 Å². The third-order valence-corrected chi connectivity index (χ3v) is 3.49. The monoisotopic (exact) mass is 297 g/mol. The summed E-state index contributed by atoms with van der Waals surface area (Å²) in [6.07, 6.45) is 5.88. The van der Waals surface area contributed by atoms with Gasteiger partial charge in [0.25, 0.3) is 5.82 Å². The lowest BCUT2D eigenvalue weighted by molar-refractivity contribution is -0.0000226. The van der Waals surface area contributed by atoms with Gasteiger partial charge < -0.3 is 17.1 Å². The second kappa shape index (κ2) is 5.27. The second-order valence-electron chi connectivity index (χ2n) is 6.01. The molecule has 3 heterocycles. The number of halogens is 1. The van der Waals surface area contributed by atoms with E-state index in [-0.39, 0.29) is 18.6 Å². The van der Waals surface area contributed by atoms with Gasteiger partial charge in [0, 0.05) is 0 Å². The van der Waals surface area contributed by atoms with Gasteiger partial charge in [0.1, 0.15) is 12.6 Å². The molecule has 2 unspecified atom stereocenters. The Morgan fingerprint density at radius 3 is 2.55 bits per heavy atom. The van der Waals surface area contributed by atoms with Crippen LogP contribution in [-0.2, 0) is 4.74 Å². The molecule has 1 fully saturated rings. The third kappa shape index (κ3) is 2.51. The number of rotatable bonds is 2. The van der Waals surface area contributed by atoms with Crippen molar-refractivity contribution in [3.63, 3.8) is 0 Å². The van der Waals surface area contributed by atoms with Crippen LogP contribution in [0.1, 0.15) is 26.0 Å². The summed E-state index contributed by atoms with van der Waals surface area (Å²) in [6.45, 7) is 2.10. The van der Waals surface area contributed by atoms with Crippen LogP contribution in [0, 0.1) is 0 Å². The van der Waals surface area contributed by atoms with Gasteiger partial charge in [0.05, 0.1) is 33.6 Å². The number of nitrogens with zero attached hydrogens (tertiary/aromatic N) is 5. The minimum Gasteiger partial charge on any atom is -1.00 e. The van der Waals surface area contributed by atoms with Crippen molar-refractivity contribution in [1.82, 2.24) is 24.0 Å². The number of fused-ring (bicyclic) bond motifs is 1. The quantitative estimate of drug-likeness (QED) is 0.648. The first kappa shape index (κ1) is 15.2. The van der Waals surface area contributed by atoms with Crippen LogP contribution in [0.3, 0.4) is 0 Å². The zero-order chi connectivity index (χ0) is 13.6. The highest BCUT2D eigenvalue weighted by atomic mass is 35.5. The molecule has 0 amide bonds. The predicted molar refractivity (Wildman–Crippen MR) is 73.7 cm³/mol. The van der Waals surface area contributed by atoms with E-state index in [2.05, 4.69) is 43.0 Å². The van der Waals surface area contributed by atoms with Crippen molar-refractivity contribution in [2.45, 2.75) is 32.1 Å². The first-order valence-corrected chi connectivity index (χ1v) is 6.62. The standard InChI is InChI=1S/C13H20N5O.ClH/c1-9-5-6-10(19-9)17-8-16-11-12(17)14-7-15-13(11)18(2,3)4;/h7-10H,5-6H2,1-4H3;1H/q+1;/p-1. The highest BCUT2D eigenvalue weighted by molar-refractivity contribution is 5.81. The Kier molecular flexibility index (Phi) is 4.00. The van der Waals surface area contributed by atoms with E-state index in [0.717, 1.165) is 29.8 Å². The molecule has 110 valence electrons. The van der Waals surface area contributed by atoms with Crippen molar-refractivity contribution in [2.24, 2.45) is 0 Å². The van der Waals surface area contributed by atoms with Crippen LogP contribution in [0.25, 0.3) is 11.2 Å². The Morgan fingerprint density at radius 1 is 1.20 bits per heavy atom. The Hall–Kier alpha value is -1.24. The van der Waals surface area contributed by atoms with Gasteiger partial charge >= 0.3 is 0 Å². The van der Waals surface area contributed by atoms with Gasteiger partial charge in [-0.2, -0.15) is 4.98 Å². The molecule has 0 saturated carbocycles. The summed E-state index contributed by atoms with van der Waals surface area (Å²) in [7, 11) is 6.23. The molecule has 2 aromatic heterocycles. The summed E-state index contributed by atoms with van der Waals surface area (Å²) in [5, 5.41) is 0. The van der Waals surface area contributed by atoms with E-state index in [1.54, 1.807) is 6.33 Å². The number of aromatic nitrogens is 4. The molecule has 3 rings (SSSR count). The maximum atomic E-state index is 5.90. The van der Waals surface area contributed by atoms with E-state index in [1.807, 2.05) is 10.9 Å². The molecular formula is C13H20ClN5O. The van der Waals surface area contributed by atoms with Gasteiger partial charge in [-0.25, -0.2) is 9.97 Å². The van der Waals surface area contributed by atoms with E-state index < -0.39 is 0 Å². The molecule has 7 heteroatoms. The number of hydrogen-bond donors (Lipinski definition) is 0. The fourth-order valence-electron chi connectivity index (χ4n) is 2.53. The lowest BCUT2D eigenvalue weighted by Crippen LogP contribution is -3.00. The summed E-state index contributed by atoms with van der Waals surface area (Å²) in [4.78, 5) is 13.3. The van der Waals surface area contributed by atoms with Crippen LogP contribution in [0.2, 0.25) is 0 Å². The van der Waals surface area contributed by atoms with E-state index >= 15 is 0 Å². The highest BCUT2D eigenvalue weighted by Crippen LogP contribution is 2.31. The molecular weight excluding hydrogens is 278 g/mol. The van der Waals surface area contributed by atoms with Crippen molar-refractivity contribution < 1.29 is 17.1 Å². The molecule has 2 atom stereocenters. The Bertz CT molecular complexity index is 606. The average Bonchev–Trinajstić information content (AvgIpc) is 2.92. The number of hydrogen-bond acceptors (Lipinski definition) is 4. The first-order chi connectivity index (χ1) is 8.97. The van der Waals surface area contributed by atoms with Gasteiger partial charge in [-0.15, -0.1) is 0 Å². The SMILES string of the molecule is CC1CCC(n2cnc3c([N+](C)(C)C)ncnc32)O1.[Cl-]. The Balaban J connectivity index is 0.00000147. The van der Waals surface area contributed by atoms with Crippen LogP contribution in [0.15, 0.2) is 12.7 Å². The van der Waals surface area contributed by atoms with Crippen LogP contribution in [0.4, 0.5) is 5.82 Å². The molecule has 20 heavy (non-hydrogen) atoms. The molecule has 2 aromatic rings. The Labute approximate surface area is 124 Å². The largest absolute Gasteiger partial charge is 1.00 e. The lowest BCUT2D eigenvalue weighted by atomic mass is 10.2. The summed E-state index contributed by atoms with van der Waals surface area (Å²) in [5.41, 5.74) is 1.72. The highest BCUT2D eigenvalue weighted by Gasteiger charge is 2.28. The zero-order valence-electron chi connectivity index (χ0n) is 12.2. The van der Waals surface area contributed by atoms with Gasteiger partial charge in [-0.05, 0) is 19.8 Å². The summed E-state index contributed by atoms with van der Waals surface area (Å²) >= 11 is 0. The van der Waals surface area contributed by atoms with Crippen molar-refractivity contribution in [3.8, 4) is 0 Å². The first-order valence-electron chi connectivity index (χ1n) is 6.62. The van der Waals surface area contributed by atoms with Crippen LogP contribution < -0.4 is 16.9 Å². The third-order valence-electron chi connectivity index (χ3n) is 3.49. The van der Waals surface area contributed by atoms with Crippen LogP contribution in [0.5, 0.6) is 0 Å². The Morgan fingerprint density at radius 2 is 1.95 bits per heavy atom. The average molecular weight is 298 g/mol. The fourth-order valence-corrected chi connectivity index (χ4v) is 2.53. The molecule has 0 bridgehead atoms. The van der Waals surface area contributed by atoms with Crippen LogP contribution >= 0.6 is 0 Å². The van der Waals surface area contributed by atoms with Crippen molar-refractivity contribution >= 4 is 17.0 Å². The summed E-state index contributed by atoms with van der Waals surface area (Å²) in [6, 6.07) is 0. The fraction of sp³-hybridized carbons (Fsp3) is 0.615. The summed E-state index contributed by atoms with van der Waals surface area (Å²) in [5.74, 6) is 0.926. The van der Waals surface area contributed by atoms with Gasteiger partial charge in [-0.3, -0.25) is 9.05 Å². The molecule has 1 aliphatic rings. The van der Waals surface area contributed by atoms with Gasteiger partial charge in [-0.1, -0.05) is 0 Å².